The molecule has 0 bridgehead atoms. The van der Waals surface area contributed by atoms with Crippen LogP contribution in [0.2, 0.25) is 5.02 Å². The number of benzene rings is 1. The third kappa shape index (κ3) is 6.58. The van der Waals surface area contributed by atoms with E-state index in [1.165, 1.54) is 0 Å². The van der Waals surface area contributed by atoms with Gasteiger partial charge in [0, 0.05) is 29.2 Å². The maximum absolute atomic E-state index is 12.1. The molecule has 0 fully saturated rings. The van der Waals surface area contributed by atoms with Gasteiger partial charge in [0.05, 0.1) is 17.1 Å². The van der Waals surface area contributed by atoms with Gasteiger partial charge >= 0.3 is 5.97 Å². The van der Waals surface area contributed by atoms with Gasteiger partial charge in [-0.25, -0.2) is 0 Å². The van der Waals surface area contributed by atoms with E-state index in [0.29, 0.717) is 16.5 Å². The van der Waals surface area contributed by atoms with Crippen molar-refractivity contribution in [2.24, 2.45) is 5.41 Å². The zero-order valence-corrected chi connectivity index (χ0v) is 14.4. The number of carbonyl (C=O) groups excluding carboxylic acids is 1. The summed E-state index contributed by atoms with van der Waals surface area (Å²) >= 11 is 6.05. The topological polar surface area (TPSA) is 83.5 Å². The van der Waals surface area contributed by atoms with Crippen molar-refractivity contribution in [3.8, 4) is 0 Å². The number of aliphatic carboxylic acids is 1. The number of carbonyl (C=O) groups is 2. The molecule has 0 aliphatic heterocycles. The molecule has 0 radical (unpaired) electrons. The molecule has 2 N–H and O–H groups in total. The summed E-state index contributed by atoms with van der Waals surface area (Å²) in [5.41, 5.74) is 0.608. The van der Waals surface area contributed by atoms with Gasteiger partial charge in [-0.1, -0.05) is 31.5 Å². The van der Waals surface area contributed by atoms with Crippen molar-refractivity contribution in [1.29, 1.82) is 0 Å². The van der Waals surface area contributed by atoms with Crippen LogP contribution in [0.4, 0.5) is 5.69 Å². The van der Waals surface area contributed by atoms with Gasteiger partial charge < -0.3 is 10.4 Å². The van der Waals surface area contributed by atoms with Crippen LogP contribution in [0.3, 0.4) is 0 Å². The minimum absolute atomic E-state index is 0.0690. The molecule has 1 aromatic rings. The lowest BCUT2D eigenvalue weighted by atomic mass is 9.85. The smallest absolute Gasteiger partial charge is 0.303 e. The van der Waals surface area contributed by atoms with E-state index in [1.54, 1.807) is 38.3 Å². The van der Waals surface area contributed by atoms with Crippen molar-refractivity contribution in [3.63, 3.8) is 0 Å². The summed E-state index contributed by atoms with van der Waals surface area (Å²) in [5.74, 6) is -0.865. The van der Waals surface area contributed by atoms with Crippen LogP contribution >= 0.6 is 11.6 Å². The quantitative estimate of drug-likeness (QED) is 0.795. The molecule has 1 aromatic carbocycles. The Morgan fingerprint density at radius 2 is 1.95 bits per heavy atom. The third-order valence-corrected chi connectivity index (χ3v) is 4.01. The first-order chi connectivity index (χ1) is 10.1. The van der Waals surface area contributed by atoms with Gasteiger partial charge in [-0.15, -0.1) is 0 Å². The highest BCUT2D eigenvalue weighted by Crippen LogP contribution is 2.28. The maximum atomic E-state index is 12.1. The molecule has 0 heterocycles. The number of nitrogens with one attached hydrogen (secondary N) is 1. The maximum Gasteiger partial charge on any atom is 0.303 e. The Morgan fingerprint density at radius 1 is 1.32 bits per heavy atom. The van der Waals surface area contributed by atoms with Gasteiger partial charge in [-0.2, -0.15) is 0 Å². The van der Waals surface area contributed by atoms with E-state index < -0.39 is 22.2 Å². The van der Waals surface area contributed by atoms with E-state index >= 15 is 0 Å². The standard InChI is InChI=1S/C15H20ClNO4S/c1-15(2,8-14(19)20)7-13(18)17-12-6-10(9-22(3)21)4-5-11(12)16/h4-6H,7-9H2,1-3H3,(H,17,18)(H,19,20). The van der Waals surface area contributed by atoms with Crippen molar-refractivity contribution < 1.29 is 18.9 Å². The summed E-state index contributed by atoms with van der Waals surface area (Å²) < 4.78 is 11.3. The summed E-state index contributed by atoms with van der Waals surface area (Å²) in [4.78, 5) is 22.8. The second-order valence-corrected chi connectivity index (χ2v) is 7.83. The first-order valence-electron chi connectivity index (χ1n) is 6.69. The van der Waals surface area contributed by atoms with Crippen LogP contribution in [0, 0.1) is 5.41 Å². The summed E-state index contributed by atoms with van der Waals surface area (Å²) in [6.45, 7) is 3.44. The van der Waals surface area contributed by atoms with E-state index in [4.69, 9.17) is 16.7 Å². The molecule has 1 amide bonds. The highest BCUT2D eigenvalue weighted by Gasteiger charge is 2.25. The molecule has 0 aromatic heterocycles. The number of halogens is 1. The Labute approximate surface area is 137 Å². The Balaban J connectivity index is 2.79. The number of hydrogen-bond acceptors (Lipinski definition) is 3. The van der Waals surface area contributed by atoms with Crippen molar-refractivity contribution in [3.05, 3.63) is 28.8 Å². The zero-order valence-electron chi connectivity index (χ0n) is 12.8. The fourth-order valence-corrected chi connectivity index (χ4v) is 2.91. The van der Waals surface area contributed by atoms with Crippen LogP contribution in [0.25, 0.3) is 0 Å². The van der Waals surface area contributed by atoms with Crippen LogP contribution < -0.4 is 5.32 Å². The summed E-state index contributed by atoms with van der Waals surface area (Å²) in [6.07, 6.45) is 1.57. The van der Waals surface area contributed by atoms with Gasteiger partial charge in [0.1, 0.15) is 0 Å². The van der Waals surface area contributed by atoms with Crippen LogP contribution in [-0.4, -0.2) is 27.4 Å². The molecule has 5 nitrogen and oxygen atoms in total. The second kappa shape index (κ2) is 7.74. The molecule has 1 unspecified atom stereocenters. The average Bonchev–Trinajstić information content (AvgIpc) is 2.29. The van der Waals surface area contributed by atoms with Crippen molar-refractivity contribution in [1.82, 2.24) is 0 Å². The molecule has 1 rings (SSSR count). The lowest BCUT2D eigenvalue weighted by Gasteiger charge is -2.21. The second-order valence-electron chi connectivity index (χ2n) is 5.99. The number of rotatable bonds is 7. The highest BCUT2D eigenvalue weighted by molar-refractivity contribution is 7.83. The third-order valence-electron chi connectivity index (χ3n) is 2.94. The fraction of sp³-hybridized carbons (Fsp3) is 0.467. The molecule has 1 atom stereocenters. The van der Waals surface area contributed by atoms with Crippen LogP contribution in [0.1, 0.15) is 32.3 Å². The molecule has 0 aliphatic rings. The summed E-state index contributed by atoms with van der Waals surface area (Å²) in [6, 6.07) is 5.08. The molecule has 0 aliphatic carbocycles. The van der Waals surface area contributed by atoms with Gasteiger partial charge in [0.15, 0.2) is 0 Å². The monoisotopic (exact) mass is 345 g/mol. The van der Waals surface area contributed by atoms with E-state index in [-0.39, 0.29) is 18.7 Å². The molecule has 122 valence electrons. The number of hydrogen-bond donors (Lipinski definition) is 2. The molecule has 0 saturated carbocycles. The lowest BCUT2D eigenvalue weighted by molar-refractivity contribution is -0.139. The normalized spacial score (nSPS) is 12.7. The first kappa shape index (κ1) is 18.6. The van der Waals surface area contributed by atoms with E-state index in [1.807, 2.05) is 0 Å². The molecule has 0 saturated heterocycles. The van der Waals surface area contributed by atoms with Crippen molar-refractivity contribution in [2.45, 2.75) is 32.4 Å². The van der Waals surface area contributed by atoms with Crippen molar-refractivity contribution in [2.75, 3.05) is 11.6 Å². The number of carboxylic acids is 1. The van der Waals surface area contributed by atoms with Gasteiger partial charge in [0.2, 0.25) is 5.91 Å². The number of carboxylic acid groups (broad SMARTS) is 1. The van der Waals surface area contributed by atoms with E-state index in [2.05, 4.69) is 5.32 Å². The first-order valence-corrected chi connectivity index (χ1v) is 8.80. The fourth-order valence-electron chi connectivity index (χ4n) is 2.09. The summed E-state index contributed by atoms with van der Waals surface area (Å²) in [7, 11) is -0.988. The van der Waals surface area contributed by atoms with Gasteiger partial charge in [0.25, 0.3) is 0 Å². The Bertz CT molecular complexity index is 601. The average molecular weight is 346 g/mol. The number of anilines is 1. The Morgan fingerprint density at radius 3 is 2.50 bits per heavy atom. The Hall–Kier alpha value is -1.40. The number of amides is 1. The van der Waals surface area contributed by atoms with Crippen LogP contribution in [0.5, 0.6) is 0 Å². The van der Waals surface area contributed by atoms with Crippen LogP contribution in [0.15, 0.2) is 18.2 Å². The largest absolute Gasteiger partial charge is 0.481 e. The van der Waals surface area contributed by atoms with E-state index in [0.717, 1.165) is 5.56 Å². The predicted octanol–water partition coefficient (Wildman–Crippen LogP) is 3.05. The molecule has 22 heavy (non-hydrogen) atoms. The molecular weight excluding hydrogens is 326 g/mol. The molecule has 7 heteroatoms. The zero-order chi connectivity index (χ0) is 16.9. The van der Waals surface area contributed by atoms with Crippen molar-refractivity contribution >= 4 is 40.0 Å². The highest BCUT2D eigenvalue weighted by atomic mass is 35.5. The Kier molecular flexibility index (Phi) is 6.56. The lowest BCUT2D eigenvalue weighted by Crippen LogP contribution is -2.25. The SMILES string of the molecule is CS(=O)Cc1ccc(Cl)c(NC(=O)CC(C)(C)CC(=O)O)c1. The van der Waals surface area contributed by atoms with Gasteiger partial charge in [-0.3, -0.25) is 13.8 Å². The minimum atomic E-state index is -0.988. The van der Waals surface area contributed by atoms with Gasteiger partial charge in [-0.05, 0) is 23.1 Å². The predicted molar refractivity (Wildman–Crippen MR) is 88.5 cm³/mol. The van der Waals surface area contributed by atoms with Crippen LogP contribution in [-0.2, 0) is 26.1 Å². The molecular formula is C15H20ClNO4S. The molecule has 0 spiro atoms. The van der Waals surface area contributed by atoms with E-state index in [9.17, 15) is 13.8 Å². The minimum Gasteiger partial charge on any atom is -0.481 e. The summed E-state index contributed by atoms with van der Waals surface area (Å²) in [5, 5.41) is 11.9.